The van der Waals surface area contributed by atoms with Crippen LogP contribution in [0, 0.1) is 0 Å². The summed E-state index contributed by atoms with van der Waals surface area (Å²) in [4.78, 5) is 40.0. The fourth-order valence-electron chi connectivity index (χ4n) is 4.91. The number of carbonyl (C=O) groups is 4. The van der Waals surface area contributed by atoms with Crippen LogP contribution in [0.15, 0.2) is 0 Å². The van der Waals surface area contributed by atoms with E-state index in [-0.39, 0.29) is 49.6 Å². The summed E-state index contributed by atoms with van der Waals surface area (Å²) in [6, 6.07) is 0. The normalized spacial score (nSPS) is 9.88. The molecular formula is C40H76O8Sn. The van der Waals surface area contributed by atoms with E-state index < -0.39 is 23.9 Å². The van der Waals surface area contributed by atoms with Gasteiger partial charge >= 0.3 is 23.9 Å². The third-order valence-corrected chi connectivity index (χ3v) is 7.94. The average Bonchev–Trinajstić information content (AvgIpc) is 3.03. The molecule has 0 unspecified atom stereocenters. The molecule has 0 spiro atoms. The number of hydrogen-bond donors (Lipinski definition) is 0. The van der Waals surface area contributed by atoms with Crippen molar-refractivity contribution in [1.29, 1.82) is 0 Å². The number of hydrogen-bond acceptors (Lipinski definition) is 8. The van der Waals surface area contributed by atoms with Crippen molar-refractivity contribution < 1.29 is 39.6 Å². The fraction of sp³-hybridized carbons (Fsp3) is 0.900. The zero-order valence-electron chi connectivity index (χ0n) is 32.4. The first-order chi connectivity index (χ1) is 23.1. The quantitative estimate of drug-likeness (QED) is 0.0513. The monoisotopic (exact) mass is 804 g/mol. The molecule has 0 aliphatic carbocycles. The summed E-state index contributed by atoms with van der Waals surface area (Å²) < 4.78 is 0. The maximum Gasteiger partial charge on any atom is 4.00 e. The van der Waals surface area contributed by atoms with Crippen molar-refractivity contribution in [2.75, 3.05) is 0 Å². The van der Waals surface area contributed by atoms with Crippen LogP contribution in [0.1, 0.15) is 233 Å². The van der Waals surface area contributed by atoms with Gasteiger partial charge in [0.05, 0.1) is 0 Å². The van der Waals surface area contributed by atoms with Gasteiger partial charge in [0.25, 0.3) is 0 Å². The number of aliphatic carboxylic acids is 4. The van der Waals surface area contributed by atoms with Crippen molar-refractivity contribution in [3.63, 3.8) is 0 Å². The van der Waals surface area contributed by atoms with Gasteiger partial charge in [0, 0.05) is 23.9 Å². The van der Waals surface area contributed by atoms with E-state index >= 15 is 0 Å². The second-order valence-corrected chi connectivity index (χ2v) is 13.0. The molecule has 0 bridgehead atoms. The third-order valence-electron chi connectivity index (χ3n) is 7.94. The van der Waals surface area contributed by atoms with Crippen LogP contribution < -0.4 is 20.4 Å². The van der Waals surface area contributed by atoms with Crippen LogP contribution in [0.5, 0.6) is 0 Å². The van der Waals surface area contributed by atoms with Gasteiger partial charge in [-0.05, 0) is 51.4 Å². The Morgan fingerprint density at radius 1 is 0.265 bits per heavy atom. The number of carbonyl (C=O) groups excluding carboxylic acids is 4. The third kappa shape index (κ3) is 77.5. The average molecular weight is 804 g/mol. The Labute approximate surface area is 319 Å². The van der Waals surface area contributed by atoms with Crippen LogP contribution in [0.4, 0.5) is 0 Å². The van der Waals surface area contributed by atoms with E-state index in [1.54, 1.807) is 0 Å². The molecule has 0 aromatic carbocycles. The minimum Gasteiger partial charge on any atom is -0.550 e. The van der Waals surface area contributed by atoms with E-state index in [1.165, 1.54) is 116 Å². The Hall–Kier alpha value is -1.32. The molecule has 0 aromatic rings. The fourth-order valence-corrected chi connectivity index (χ4v) is 4.91. The SMILES string of the molecule is CCCCCCCC(=O)[O-].CCCCCCCC(=O)[O-].CCCCCCCCCCCC(=O)[O-].CCCCCCCCCCCC(=O)[O-].[Sn+4]. The molecule has 8 nitrogen and oxygen atoms in total. The zero-order valence-corrected chi connectivity index (χ0v) is 35.2. The zero-order chi connectivity index (χ0) is 36.9. The van der Waals surface area contributed by atoms with Gasteiger partial charge in [0.2, 0.25) is 0 Å². The number of carboxylic acids is 4. The van der Waals surface area contributed by atoms with Crippen molar-refractivity contribution in [2.45, 2.75) is 233 Å². The van der Waals surface area contributed by atoms with Gasteiger partial charge in [-0.3, -0.25) is 0 Å². The molecule has 0 radical (unpaired) electrons. The second-order valence-electron chi connectivity index (χ2n) is 13.0. The summed E-state index contributed by atoms with van der Waals surface area (Å²) in [5, 5.41) is 40.0. The molecule has 0 aliphatic rings. The van der Waals surface area contributed by atoms with Crippen LogP contribution in [-0.2, 0) is 19.2 Å². The second kappa shape index (κ2) is 53.5. The largest absolute Gasteiger partial charge is 4.00 e. The summed E-state index contributed by atoms with van der Waals surface area (Å²) in [5.74, 6) is -3.66. The Bertz CT molecular complexity index is 617. The Kier molecular flexibility index (Phi) is 62.2. The van der Waals surface area contributed by atoms with Gasteiger partial charge in [-0.25, -0.2) is 0 Å². The van der Waals surface area contributed by atoms with Crippen molar-refractivity contribution in [3.8, 4) is 0 Å². The summed E-state index contributed by atoms with van der Waals surface area (Å²) in [6.07, 6.45) is 33.5. The molecule has 0 fully saturated rings. The van der Waals surface area contributed by atoms with E-state index in [4.69, 9.17) is 0 Å². The van der Waals surface area contributed by atoms with Gasteiger partial charge in [0.1, 0.15) is 0 Å². The summed E-state index contributed by atoms with van der Waals surface area (Å²) in [7, 11) is 0. The maximum absolute atomic E-state index is 10.1. The van der Waals surface area contributed by atoms with Gasteiger partial charge in [-0.1, -0.05) is 182 Å². The van der Waals surface area contributed by atoms with Crippen LogP contribution in [0.2, 0.25) is 0 Å². The van der Waals surface area contributed by atoms with Crippen molar-refractivity contribution in [3.05, 3.63) is 0 Å². The molecule has 0 aromatic heterocycles. The topological polar surface area (TPSA) is 161 Å². The molecule has 9 heteroatoms. The molecule has 0 N–H and O–H groups in total. The van der Waals surface area contributed by atoms with E-state index in [2.05, 4.69) is 27.7 Å². The summed E-state index contributed by atoms with van der Waals surface area (Å²) in [6.45, 7) is 8.72. The molecule has 0 amide bonds. The van der Waals surface area contributed by atoms with Crippen LogP contribution in [0.3, 0.4) is 0 Å². The molecule has 0 rings (SSSR count). The molecular weight excluding hydrogens is 727 g/mol. The molecule has 0 atom stereocenters. The maximum atomic E-state index is 10.1. The molecule has 0 saturated heterocycles. The Morgan fingerprint density at radius 2 is 0.388 bits per heavy atom. The van der Waals surface area contributed by atoms with E-state index in [0.717, 1.165) is 64.2 Å². The van der Waals surface area contributed by atoms with Crippen molar-refractivity contribution in [1.82, 2.24) is 0 Å². The molecule has 0 saturated carbocycles. The van der Waals surface area contributed by atoms with Gasteiger partial charge in [0.15, 0.2) is 0 Å². The van der Waals surface area contributed by atoms with E-state index in [1.807, 2.05) is 0 Å². The van der Waals surface area contributed by atoms with E-state index in [0.29, 0.717) is 0 Å². The Morgan fingerprint density at radius 3 is 0.510 bits per heavy atom. The first-order valence-electron chi connectivity index (χ1n) is 19.9. The van der Waals surface area contributed by atoms with Gasteiger partial charge in [-0.2, -0.15) is 0 Å². The molecule has 0 heterocycles. The first-order valence-corrected chi connectivity index (χ1v) is 19.9. The molecule has 49 heavy (non-hydrogen) atoms. The minimum atomic E-state index is -0.920. The molecule has 0 aliphatic heterocycles. The molecule has 288 valence electrons. The smallest absolute Gasteiger partial charge is 0.550 e. The van der Waals surface area contributed by atoms with Crippen molar-refractivity contribution in [2.24, 2.45) is 0 Å². The predicted molar refractivity (Wildman–Crippen MR) is 196 cm³/mol. The Balaban J connectivity index is -0.000000177. The summed E-state index contributed by atoms with van der Waals surface area (Å²) >= 11 is 0. The number of rotatable bonds is 32. The van der Waals surface area contributed by atoms with Crippen LogP contribution in [0.25, 0.3) is 0 Å². The van der Waals surface area contributed by atoms with Crippen LogP contribution >= 0.6 is 0 Å². The summed E-state index contributed by atoms with van der Waals surface area (Å²) in [5.41, 5.74) is 0. The van der Waals surface area contributed by atoms with Crippen LogP contribution in [-0.4, -0.2) is 47.8 Å². The first kappa shape index (κ1) is 57.0. The number of unbranched alkanes of at least 4 members (excludes halogenated alkanes) is 24. The van der Waals surface area contributed by atoms with Crippen molar-refractivity contribution >= 4 is 47.8 Å². The number of carboxylic acid groups (broad SMARTS) is 4. The van der Waals surface area contributed by atoms with E-state index in [9.17, 15) is 39.6 Å². The van der Waals surface area contributed by atoms with Gasteiger partial charge in [-0.15, -0.1) is 0 Å². The predicted octanol–water partition coefficient (Wildman–Crippen LogP) is 7.13. The standard InChI is InChI=1S/2C12H24O2.2C8H16O2.Sn/c2*1-2-3-4-5-6-7-8-9-10-11-12(13)14;2*1-2-3-4-5-6-7-8(9)10;/h2*2-11H2,1H3,(H,13,14);2*2-7H2,1H3,(H,9,10);/q;;;;+4/p-4. The minimum absolute atomic E-state index is 0. The van der Waals surface area contributed by atoms with Gasteiger partial charge < -0.3 is 39.6 Å².